The number of hydrogen-bond acceptors (Lipinski definition) is 8. The summed E-state index contributed by atoms with van der Waals surface area (Å²) in [6.45, 7) is 5.69. The van der Waals surface area contributed by atoms with Crippen molar-refractivity contribution in [2.45, 2.75) is 51.4 Å². The van der Waals surface area contributed by atoms with Crippen molar-refractivity contribution in [2.75, 3.05) is 24.7 Å². The fourth-order valence-corrected chi connectivity index (χ4v) is 5.62. The van der Waals surface area contributed by atoms with E-state index in [1.54, 1.807) is 13.8 Å². The van der Waals surface area contributed by atoms with E-state index >= 15 is 0 Å². The molecule has 2 aromatic rings. The van der Waals surface area contributed by atoms with Gasteiger partial charge in [0.1, 0.15) is 16.3 Å². The third-order valence-corrected chi connectivity index (χ3v) is 7.38. The molecule has 1 saturated heterocycles. The molecule has 8 nitrogen and oxygen atoms in total. The van der Waals surface area contributed by atoms with Gasteiger partial charge in [-0.05, 0) is 26.2 Å². The van der Waals surface area contributed by atoms with Crippen LogP contribution >= 0.6 is 11.3 Å². The zero-order valence-corrected chi connectivity index (χ0v) is 19.8. The fraction of sp³-hybridized carbons (Fsp3) is 0.632. The Balaban J connectivity index is 1.87. The Morgan fingerprint density at radius 3 is 2.53 bits per heavy atom. The highest BCUT2D eigenvalue weighted by Gasteiger charge is 2.37. The van der Waals surface area contributed by atoms with Crippen LogP contribution in [-0.4, -0.2) is 63.8 Å². The van der Waals surface area contributed by atoms with Gasteiger partial charge in [-0.15, -0.1) is 11.3 Å². The molecule has 0 radical (unpaired) electrons. The average Bonchev–Trinajstić information content (AvgIpc) is 3.08. The largest absolute Gasteiger partial charge is 0.420 e. The van der Waals surface area contributed by atoms with E-state index in [0.717, 1.165) is 23.8 Å². The van der Waals surface area contributed by atoms with Crippen molar-refractivity contribution in [2.24, 2.45) is 5.92 Å². The lowest BCUT2D eigenvalue weighted by atomic mass is 9.95. The maximum Gasteiger partial charge on any atom is 0.420 e. The monoisotopic (exact) mass is 493 g/mol. The molecule has 0 spiro atoms. The number of halogens is 3. The summed E-state index contributed by atoms with van der Waals surface area (Å²) in [4.78, 5) is 12.7. The first-order valence-electron chi connectivity index (χ1n) is 9.97. The zero-order chi connectivity index (χ0) is 23.9. The number of aliphatic hydroxyl groups is 1. The molecule has 32 heavy (non-hydrogen) atoms. The van der Waals surface area contributed by atoms with Crippen molar-refractivity contribution in [3.63, 3.8) is 0 Å². The third kappa shape index (κ3) is 6.15. The van der Waals surface area contributed by atoms with Crippen LogP contribution in [0.1, 0.15) is 37.6 Å². The third-order valence-electron chi connectivity index (χ3n) is 5.11. The molecule has 3 rings (SSSR count). The molecule has 2 aromatic heterocycles. The molecule has 2 N–H and O–H groups in total. The smallest absolute Gasteiger partial charge is 0.390 e. The molecule has 1 aliphatic rings. The second-order valence-corrected chi connectivity index (χ2v) is 11.8. The minimum atomic E-state index is -4.66. The Morgan fingerprint density at radius 1 is 1.28 bits per heavy atom. The number of aromatic nitrogens is 3. The van der Waals surface area contributed by atoms with Crippen LogP contribution in [0.25, 0.3) is 10.7 Å². The van der Waals surface area contributed by atoms with Crippen LogP contribution in [0.5, 0.6) is 0 Å². The van der Waals surface area contributed by atoms with Crippen LogP contribution in [0, 0.1) is 5.92 Å². The predicted molar refractivity (Wildman–Crippen MR) is 116 cm³/mol. The molecule has 0 bridgehead atoms. The highest BCUT2D eigenvalue weighted by atomic mass is 32.2. The van der Waals surface area contributed by atoms with Crippen molar-refractivity contribution in [3.05, 3.63) is 22.8 Å². The second kappa shape index (κ2) is 8.84. The first-order chi connectivity index (χ1) is 14.6. The Bertz CT molecular complexity index is 1070. The molecule has 178 valence electrons. The van der Waals surface area contributed by atoms with Gasteiger partial charge in [0.2, 0.25) is 16.0 Å². The molecule has 0 aliphatic carbocycles. The van der Waals surface area contributed by atoms with Crippen LogP contribution in [-0.2, 0) is 22.6 Å². The Hall–Kier alpha value is -1.83. The molecule has 0 unspecified atom stereocenters. The van der Waals surface area contributed by atoms with Gasteiger partial charge in [-0.1, -0.05) is 6.92 Å². The van der Waals surface area contributed by atoms with Crippen LogP contribution < -0.4 is 5.32 Å². The lowest BCUT2D eigenvalue weighted by molar-refractivity contribution is -0.137. The summed E-state index contributed by atoms with van der Waals surface area (Å²) < 4.78 is 65.7. The SMILES string of the molecule is C[C@@H]1CN(S(C)(=O)=O)CC[C@@H]1Nc1ncc(C(F)(F)F)c(-c2ncc(CC(C)(C)O)s2)n1. The number of sulfonamides is 1. The molecule has 1 fully saturated rings. The molecule has 1 aliphatic heterocycles. The van der Waals surface area contributed by atoms with Gasteiger partial charge in [0.25, 0.3) is 0 Å². The second-order valence-electron chi connectivity index (χ2n) is 8.71. The lowest BCUT2D eigenvalue weighted by Crippen LogP contribution is -2.47. The molecular weight excluding hydrogens is 467 g/mol. The van der Waals surface area contributed by atoms with E-state index in [1.165, 1.54) is 10.5 Å². The lowest BCUT2D eigenvalue weighted by Gasteiger charge is -2.35. The van der Waals surface area contributed by atoms with E-state index in [-0.39, 0.29) is 35.0 Å². The Morgan fingerprint density at radius 2 is 1.97 bits per heavy atom. The van der Waals surface area contributed by atoms with E-state index < -0.39 is 27.4 Å². The van der Waals surface area contributed by atoms with Crippen molar-refractivity contribution in [1.29, 1.82) is 0 Å². The average molecular weight is 494 g/mol. The van der Waals surface area contributed by atoms with Gasteiger partial charge in [-0.25, -0.2) is 27.7 Å². The minimum absolute atomic E-state index is 0.0249. The Kier molecular flexibility index (Phi) is 6.85. The Labute approximate surface area is 189 Å². The van der Waals surface area contributed by atoms with Crippen molar-refractivity contribution in [3.8, 4) is 10.7 Å². The van der Waals surface area contributed by atoms with Gasteiger partial charge >= 0.3 is 6.18 Å². The van der Waals surface area contributed by atoms with E-state index in [1.807, 2.05) is 6.92 Å². The number of hydrogen-bond donors (Lipinski definition) is 2. The normalized spacial score (nSPS) is 21.0. The number of nitrogens with one attached hydrogen (secondary N) is 1. The van der Waals surface area contributed by atoms with Gasteiger partial charge in [-0.2, -0.15) is 13.2 Å². The van der Waals surface area contributed by atoms with Crippen LogP contribution in [0.15, 0.2) is 12.4 Å². The van der Waals surface area contributed by atoms with Crippen molar-refractivity contribution >= 4 is 27.3 Å². The number of rotatable bonds is 6. The van der Waals surface area contributed by atoms with Gasteiger partial charge < -0.3 is 10.4 Å². The summed E-state index contributed by atoms with van der Waals surface area (Å²) in [5.74, 6) is -0.0667. The highest BCUT2D eigenvalue weighted by molar-refractivity contribution is 7.88. The van der Waals surface area contributed by atoms with Gasteiger partial charge in [-0.3, -0.25) is 0 Å². The minimum Gasteiger partial charge on any atom is -0.390 e. The molecule has 0 saturated carbocycles. The zero-order valence-electron chi connectivity index (χ0n) is 18.1. The number of piperidine rings is 1. The summed E-state index contributed by atoms with van der Waals surface area (Å²) in [7, 11) is -3.31. The molecule has 0 amide bonds. The predicted octanol–water partition coefficient (Wildman–Crippen LogP) is 3.01. The molecular formula is C19H26F3N5O3S2. The first kappa shape index (κ1) is 24.8. The first-order valence-corrected chi connectivity index (χ1v) is 12.6. The summed E-state index contributed by atoms with van der Waals surface area (Å²) in [5.41, 5.74) is -2.35. The topological polar surface area (TPSA) is 108 Å². The number of nitrogens with zero attached hydrogens (tertiary/aromatic N) is 4. The van der Waals surface area contributed by atoms with Gasteiger partial charge in [0, 0.05) is 42.8 Å². The van der Waals surface area contributed by atoms with E-state index in [2.05, 4.69) is 20.3 Å². The number of anilines is 1. The number of alkyl halides is 3. The summed E-state index contributed by atoms with van der Waals surface area (Å²) in [6.07, 6.45) is -0.614. The van der Waals surface area contributed by atoms with Crippen LogP contribution in [0.3, 0.4) is 0 Å². The fourth-order valence-electron chi connectivity index (χ4n) is 3.54. The quantitative estimate of drug-likeness (QED) is 0.637. The maximum absolute atomic E-state index is 13.6. The van der Waals surface area contributed by atoms with E-state index in [4.69, 9.17) is 0 Å². The van der Waals surface area contributed by atoms with Gasteiger partial charge in [0.15, 0.2) is 0 Å². The van der Waals surface area contributed by atoms with Crippen LogP contribution in [0.4, 0.5) is 19.1 Å². The van der Waals surface area contributed by atoms with E-state index in [9.17, 15) is 26.7 Å². The molecule has 13 heteroatoms. The highest BCUT2D eigenvalue weighted by Crippen LogP contribution is 2.38. The summed E-state index contributed by atoms with van der Waals surface area (Å²) in [5, 5.41) is 13.1. The summed E-state index contributed by atoms with van der Waals surface area (Å²) in [6, 6.07) is -0.195. The molecule has 0 aromatic carbocycles. The van der Waals surface area contributed by atoms with Crippen molar-refractivity contribution in [1.82, 2.24) is 19.3 Å². The molecule has 3 heterocycles. The van der Waals surface area contributed by atoms with Crippen LogP contribution in [0.2, 0.25) is 0 Å². The summed E-state index contributed by atoms with van der Waals surface area (Å²) >= 11 is 1.04. The number of thiazole rings is 1. The maximum atomic E-state index is 13.6. The van der Waals surface area contributed by atoms with E-state index in [0.29, 0.717) is 24.4 Å². The molecule has 2 atom stereocenters. The van der Waals surface area contributed by atoms with Crippen molar-refractivity contribution < 1.29 is 26.7 Å². The van der Waals surface area contributed by atoms with Gasteiger partial charge in [0.05, 0.1) is 11.9 Å². The standard InChI is InChI=1S/C19H26F3N5O3S2/c1-11-10-27(32(4,29)30)6-5-14(11)25-17-24-9-13(19(20,21)22)15(26-17)16-23-8-12(31-16)7-18(2,3)28/h8-9,11,14,28H,5-7,10H2,1-4H3,(H,24,25,26)/t11-,14+/m1/s1.